The van der Waals surface area contributed by atoms with Gasteiger partial charge in [-0.25, -0.2) is 0 Å². The van der Waals surface area contributed by atoms with E-state index in [1.807, 2.05) is 0 Å². The Morgan fingerprint density at radius 1 is 1.42 bits per heavy atom. The molecule has 0 bridgehead atoms. The molecule has 2 fully saturated rings. The van der Waals surface area contributed by atoms with Crippen LogP contribution in [-0.2, 0) is 0 Å². The highest BCUT2D eigenvalue weighted by molar-refractivity contribution is 9.09. The molecule has 0 aromatic carbocycles. The third-order valence-electron chi connectivity index (χ3n) is 2.72. The molecule has 70 valence electrons. The smallest absolute Gasteiger partial charge is 0.0283 e. The lowest BCUT2D eigenvalue weighted by Crippen LogP contribution is -2.44. The van der Waals surface area contributed by atoms with Gasteiger partial charge in [0.2, 0.25) is 0 Å². The van der Waals surface area contributed by atoms with Gasteiger partial charge >= 0.3 is 0 Å². The van der Waals surface area contributed by atoms with Gasteiger partial charge in [0.05, 0.1) is 0 Å². The standard InChI is InChI=1S/C9H16BrNS/c10-5-9-7-12-4-3-11(9)6-8-1-2-8/h8-9H,1-7H2. The summed E-state index contributed by atoms with van der Waals surface area (Å²) in [6.07, 6.45) is 2.97. The van der Waals surface area contributed by atoms with Crippen LogP contribution in [-0.4, -0.2) is 40.9 Å². The lowest BCUT2D eigenvalue weighted by molar-refractivity contribution is 0.227. The molecule has 1 atom stereocenters. The highest BCUT2D eigenvalue weighted by atomic mass is 79.9. The van der Waals surface area contributed by atoms with Crippen molar-refractivity contribution < 1.29 is 0 Å². The van der Waals surface area contributed by atoms with Crippen molar-refractivity contribution in [2.24, 2.45) is 5.92 Å². The van der Waals surface area contributed by atoms with Crippen molar-refractivity contribution in [2.75, 3.05) is 29.9 Å². The van der Waals surface area contributed by atoms with E-state index in [-0.39, 0.29) is 0 Å². The number of alkyl halides is 1. The molecule has 1 unspecified atom stereocenters. The first-order valence-corrected chi connectivity index (χ1v) is 7.05. The van der Waals surface area contributed by atoms with Gasteiger partial charge in [0.15, 0.2) is 0 Å². The highest BCUT2D eigenvalue weighted by Gasteiger charge is 2.29. The summed E-state index contributed by atoms with van der Waals surface area (Å²) in [7, 11) is 0. The molecule has 1 saturated heterocycles. The summed E-state index contributed by atoms with van der Waals surface area (Å²) in [5.74, 6) is 3.73. The first-order valence-electron chi connectivity index (χ1n) is 4.78. The monoisotopic (exact) mass is 249 g/mol. The molecule has 1 aliphatic heterocycles. The maximum absolute atomic E-state index is 3.61. The third kappa shape index (κ3) is 2.39. The Balaban J connectivity index is 1.81. The van der Waals surface area contributed by atoms with E-state index in [0.717, 1.165) is 17.3 Å². The van der Waals surface area contributed by atoms with E-state index < -0.39 is 0 Å². The van der Waals surface area contributed by atoms with Gasteiger partial charge in [0, 0.05) is 36.0 Å². The second kappa shape index (κ2) is 4.34. The lowest BCUT2D eigenvalue weighted by Gasteiger charge is -2.34. The molecule has 2 rings (SSSR count). The summed E-state index contributed by atoms with van der Waals surface area (Å²) in [5, 5.41) is 1.16. The average Bonchev–Trinajstić information content (AvgIpc) is 2.89. The van der Waals surface area contributed by atoms with Gasteiger partial charge in [0.1, 0.15) is 0 Å². The van der Waals surface area contributed by atoms with E-state index in [0.29, 0.717) is 0 Å². The molecule has 0 aromatic heterocycles. The van der Waals surface area contributed by atoms with Gasteiger partial charge in [-0.1, -0.05) is 15.9 Å². The average molecular weight is 250 g/mol. The molecular weight excluding hydrogens is 234 g/mol. The number of nitrogens with zero attached hydrogens (tertiary/aromatic N) is 1. The summed E-state index contributed by atoms with van der Waals surface area (Å²) in [6.45, 7) is 2.69. The zero-order valence-corrected chi connectivity index (χ0v) is 9.74. The number of rotatable bonds is 3. The van der Waals surface area contributed by atoms with Crippen molar-refractivity contribution >= 4 is 27.7 Å². The maximum atomic E-state index is 3.61. The predicted molar refractivity (Wildman–Crippen MR) is 59.2 cm³/mol. The van der Waals surface area contributed by atoms with Crippen LogP contribution >= 0.6 is 27.7 Å². The molecule has 0 amide bonds. The Labute approximate surface area is 87.4 Å². The van der Waals surface area contributed by atoms with Crippen LogP contribution in [0.25, 0.3) is 0 Å². The van der Waals surface area contributed by atoms with Crippen molar-refractivity contribution in [1.82, 2.24) is 4.90 Å². The molecule has 1 saturated carbocycles. The normalized spacial score (nSPS) is 32.2. The quantitative estimate of drug-likeness (QED) is 0.706. The van der Waals surface area contributed by atoms with Crippen LogP contribution in [0.15, 0.2) is 0 Å². The highest BCUT2D eigenvalue weighted by Crippen LogP contribution is 2.31. The molecular formula is C9H16BrNS. The van der Waals surface area contributed by atoms with E-state index in [9.17, 15) is 0 Å². The molecule has 2 aliphatic rings. The van der Waals surface area contributed by atoms with Crippen molar-refractivity contribution in [1.29, 1.82) is 0 Å². The Bertz CT molecular complexity index is 149. The molecule has 0 N–H and O–H groups in total. The van der Waals surface area contributed by atoms with Crippen molar-refractivity contribution in [2.45, 2.75) is 18.9 Å². The molecule has 0 spiro atoms. The minimum absolute atomic E-state index is 0.810. The van der Waals surface area contributed by atoms with Crippen molar-refractivity contribution in [3.63, 3.8) is 0 Å². The zero-order valence-electron chi connectivity index (χ0n) is 7.34. The fourth-order valence-corrected chi connectivity index (χ4v) is 3.78. The van der Waals surface area contributed by atoms with E-state index in [1.54, 1.807) is 0 Å². The van der Waals surface area contributed by atoms with Crippen LogP contribution in [0.3, 0.4) is 0 Å². The molecule has 12 heavy (non-hydrogen) atoms. The minimum atomic E-state index is 0.810. The second-order valence-electron chi connectivity index (χ2n) is 3.82. The summed E-state index contributed by atoms with van der Waals surface area (Å²) >= 11 is 5.71. The van der Waals surface area contributed by atoms with Crippen LogP contribution in [0.4, 0.5) is 0 Å². The van der Waals surface area contributed by atoms with Crippen molar-refractivity contribution in [3.8, 4) is 0 Å². The van der Waals surface area contributed by atoms with Crippen LogP contribution in [0.2, 0.25) is 0 Å². The van der Waals surface area contributed by atoms with Gasteiger partial charge in [-0.2, -0.15) is 11.8 Å². The topological polar surface area (TPSA) is 3.24 Å². The van der Waals surface area contributed by atoms with Gasteiger partial charge < -0.3 is 0 Å². The third-order valence-corrected chi connectivity index (χ3v) is 4.56. The number of thioether (sulfide) groups is 1. The Kier molecular flexibility index (Phi) is 3.38. The van der Waals surface area contributed by atoms with Gasteiger partial charge in [-0.05, 0) is 18.8 Å². The second-order valence-corrected chi connectivity index (χ2v) is 5.62. The largest absolute Gasteiger partial charge is 0.298 e. The van der Waals surface area contributed by atoms with Crippen LogP contribution in [0, 0.1) is 5.92 Å². The van der Waals surface area contributed by atoms with Crippen LogP contribution < -0.4 is 0 Å². The van der Waals surface area contributed by atoms with Crippen molar-refractivity contribution in [3.05, 3.63) is 0 Å². The fourth-order valence-electron chi connectivity index (χ4n) is 1.70. The summed E-state index contributed by atoms with van der Waals surface area (Å²) in [5.41, 5.74) is 0. The van der Waals surface area contributed by atoms with Crippen LogP contribution in [0.5, 0.6) is 0 Å². The maximum Gasteiger partial charge on any atom is 0.0283 e. The first-order chi connectivity index (χ1) is 5.90. The van der Waals surface area contributed by atoms with Gasteiger partial charge in [-0.3, -0.25) is 4.90 Å². The number of hydrogen-bond acceptors (Lipinski definition) is 2. The summed E-state index contributed by atoms with van der Waals surface area (Å²) in [4.78, 5) is 2.68. The van der Waals surface area contributed by atoms with Gasteiger partial charge in [-0.15, -0.1) is 0 Å². The van der Waals surface area contributed by atoms with E-state index in [1.165, 1.54) is 37.4 Å². The minimum Gasteiger partial charge on any atom is -0.298 e. The SMILES string of the molecule is BrCC1CSCCN1CC1CC1. The Morgan fingerprint density at radius 3 is 2.92 bits per heavy atom. The molecule has 1 heterocycles. The molecule has 0 aromatic rings. The van der Waals surface area contributed by atoms with Gasteiger partial charge in [0.25, 0.3) is 0 Å². The molecule has 1 nitrogen and oxygen atoms in total. The van der Waals surface area contributed by atoms with Crippen LogP contribution in [0.1, 0.15) is 12.8 Å². The zero-order chi connectivity index (χ0) is 8.39. The first kappa shape index (κ1) is 9.35. The summed E-state index contributed by atoms with van der Waals surface area (Å²) in [6, 6.07) is 0.810. The fraction of sp³-hybridized carbons (Fsp3) is 1.00. The van der Waals surface area contributed by atoms with E-state index >= 15 is 0 Å². The van der Waals surface area contributed by atoms with E-state index in [4.69, 9.17) is 0 Å². The Hall–Kier alpha value is 0.790. The summed E-state index contributed by atoms with van der Waals surface area (Å²) < 4.78 is 0. The Morgan fingerprint density at radius 2 is 2.25 bits per heavy atom. The molecule has 1 aliphatic carbocycles. The van der Waals surface area contributed by atoms with E-state index in [2.05, 4.69) is 32.6 Å². The lowest BCUT2D eigenvalue weighted by atomic mass is 10.2. The predicted octanol–water partition coefficient (Wildman–Crippen LogP) is 2.21. The molecule has 0 radical (unpaired) electrons. The number of hydrogen-bond donors (Lipinski definition) is 0. The molecule has 3 heteroatoms. The number of halogens is 1.